The summed E-state index contributed by atoms with van der Waals surface area (Å²) in [6, 6.07) is 0. The SMILES string of the molecule is OP(=S)(C(F)(F)C(F)(F)C(F)(F)C(F)(F)C(F)(F)C(F)(F)C(F)(C(F)(F)F)C(F)(F)F)C(F)(F)C(F)(F)C(F)(F)C(F)(F)C(F)(F)C(F)(F)C(F)(C(F)(F)F)C(F)(F)F. The molecule has 0 aliphatic heterocycles. The van der Waals surface area contributed by atoms with Crippen molar-refractivity contribution < 1.29 is 172 Å². The van der Waals surface area contributed by atoms with Crippen molar-refractivity contribution in [3.63, 3.8) is 0 Å². The number of hydrogen-bond donors (Lipinski definition) is 1. The monoisotopic (exact) mass is 1020 g/mol. The quantitative estimate of drug-likeness (QED) is 0.138. The van der Waals surface area contributed by atoms with Crippen molar-refractivity contribution in [2.45, 2.75) is 107 Å². The first-order valence-electron chi connectivity index (χ1n) is 12.0. The summed E-state index contributed by atoms with van der Waals surface area (Å²) in [5.41, 5.74) is -38.5. The number of hydrogen-bond acceptors (Lipinski definition) is 1. The van der Waals surface area contributed by atoms with Crippen LogP contribution in [0.4, 0.5) is 167 Å². The third kappa shape index (κ3) is 6.37. The molecule has 0 aromatic rings. The summed E-state index contributed by atoms with van der Waals surface area (Å²) >= 11 is 2.01. The van der Waals surface area contributed by atoms with Crippen LogP contribution >= 0.6 is 6.26 Å². The largest absolute Gasteiger partial charge is 0.438 e. The second-order valence-electron chi connectivity index (χ2n) is 10.7. The first-order chi connectivity index (χ1) is 24.5. The standard InChI is InChI=1S/C18HF38OPS/c19-1(13(41,42)43,14(44,45)46)3(21,22)5(25,26)7(29,30)9(33,34)11(37,38)17(53,54)58(57,59)18(55,56)12(39,40)10(35,36)8(31,32)6(27,28)4(23,24)2(20,15(47,48)49)16(50,51)52/h(H,57,59). The Labute approximate surface area is 297 Å². The normalized spacial score (nSPS) is 17.5. The van der Waals surface area contributed by atoms with Gasteiger partial charge in [-0.15, -0.1) is 0 Å². The summed E-state index contributed by atoms with van der Waals surface area (Å²) in [6.45, 7) is 0. The van der Waals surface area contributed by atoms with E-state index in [4.69, 9.17) is 4.89 Å². The van der Waals surface area contributed by atoms with Crippen LogP contribution in [0.15, 0.2) is 0 Å². The summed E-state index contributed by atoms with van der Waals surface area (Å²) in [4.78, 5) is 8.83. The lowest BCUT2D eigenvalue weighted by molar-refractivity contribution is -0.471. The lowest BCUT2D eigenvalue weighted by Gasteiger charge is -2.47. The second-order valence-corrected chi connectivity index (χ2v) is 14.6. The summed E-state index contributed by atoms with van der Waals surface area (Å²) in [7, 11) is 0. The maximum absolute atomic E-state index is 14.3. The molecule has 0 fully saturated rings. The number of alkyl halides is 38. The summed E-state index contributed by atoms with van der Waals surface area (Å²) in [5, 5.41) is 0. The van der Waals surface area contributed by atoms with Crippen LogP contribution in [0.25, 0.3) is 0 Å². The van der Waals surface area contributed by atoms with E-state index in [9.17, 15) is 167 Å². The molecule has 0 atom stereocenters. The molecule has 0 saturated carbocycles. The minimum atomic E-state index is -10.7. The van der Waals surface area contributed by atoms with E-state index >= 15 is 0 Å². The highest BCUT2D eigenvalue weighted by Gasteiger charge is 3.02. The highest BCUT2D eigenvalue weighted by atomic mass is 32.4. The number of rotatable bonds is 14. The van der Waals surface area contributed by atoms with Crippen LogP contribution < -0.4 is 0 Å². The molecule has 0 unspecified atom stereocenters. The molecule has 0 heterocycles. The Morgan fingerprint density at radius 1 is 0.220 bits per heavy atom. The van der Waals surface area contributed by atoms with Gasteiger partial charge in [0.05, 0.1) is 0 Å². The molecule has 356 valence electrons. The van der Waals surface area contributed by atoms with E-state index in [2.05, 4.69) is 0 Å². The highest BCUT2D eigenvalue weighted by molar-refractivity contribution is 8.13. The van der Waals surface area contributed by atoms with Crippen LogP contribution in [0.3, 0.4) is 0 Å². The molecule has 41 heteroatoms. The Bertz CT molecular complexity index is 1460. The average Bonchev–Trinajstić information content (AvgIpc) is 2.96. The van der Waals surface area contributed by atoms with Gasteiger partial charge in [0.25, 0.3) is 0 Å². The molecular formula is C18HF38OPS. The zero-order valence-electron chi connectivity index (χ0n) is 24.7. The van der Waals surface area contributed by atoms with Crippen molar-refractivity contribution >= 4 is 18.1 Å². The van der Waals surface area contributed by atoms with Crippen LogP contribution in [-0.2, 0) is 11.8 Å². The van der Waals surface area contributed by atoms with Crippen molar-refractivity contribution in [2.24, 2.45) is 0 Å². The molecule has 0 aliphatic carbocycles. The third-order valence-electron chi connectivity index (χ3n) is 7.10. The first kappa shape index (κ1) is 56.9. The van der Waals surface area contributed by atoms with Gasteiger partial charge in [-0.05, 0) is 0 Å². The Morgan fingerprint density at radius 3 is 0.475 bits per heavy atom. The molecule has 1 N–H and O–H groups in total. The van der Waals surface area contributed by atoms with E-state index in [-0.39, 0.29) is 0 Å². The predicted molar refractivity (Wildman–Crippen MR) is 108 cm³/mol. The summed E-state index contributed by atoms with van der Waals surface area (Å²) in [6.07, 6.45) is -46.4. The van der Waals surface area contributed by atoms with E-state index in [0.29, 0.717) is 0 Å². The van der Waals surface area contributed by atoms with Gasteiger partial charge in [0, 0.05) is 0 Å². The van der Waals surface area contributed by atoms with Gasteiger partial charge in [-0.1, -0.05) is 11.8 Å². The zero-order chi connectivity index (χ0) is 49.5. The predicted octanol–water partition coefficient (Wildman–Crippen LogP) is 12.6. The molecule has 0 aliphatic rings. The molecule has 0 aromatic carbocycles. The van der Waals surface area contributed by atoms with E-state index in [1.165, 1.54) is 0 Å². The average molecular weight is 1020 g/mol. The van der Waals surface area contributed by atoms with Gasteiger partial charge in [-0.2, -0.15) is 158 Å². The fourth-order valence-electron chi connectivity index (χ4n) is 3.58. The fourth-order valence-corrected chi connectivity index (χ4v) is 5.67. The van der Waals surface area contributed by atoms with Crippen LogP contribution in [0.2, 0.25) is 0 Å². The number of halogens is 38. The van der Waals surface area contributed by atoms with E-state index in [0.717, 1.165) is 0 Å². The maximum atomic E-state index is 14.3. The van der Waals surface area contributed by atoms with Crippen molar-refractivity contribution in [1.82, 2.24) is 0 Å². The molecule has 0 spiro atoms. The topological polar surface area (TPSA) is 20.2 Å². The smallest absolute Gasteiger partial charge is 0.356 e. The molecular weight excluding hydrogens is 1020 g/mol. The lowest BCUT2D eigenvalue weighted by atomic mass is 9.84. The van der Waals surface area contributed by atoms with Gasteiger partial charge in [0.2, 0.25) is 6.26 Å². The van der Waals surface area contributed by atoms with Gasteiger partial charge in [0.1, 0.15) is 0 Å². The van der Waals surface area contributed by atoms with Crippen molar-refractivity contribution in [1.29, 1.82) is 0 Å². The summed E-state index contributed by atoms with van der Waals surface area (Å²) in [5.74, 6) is -101. The second kappa shape index (κ2) is 13.5. The Balaban J connectivity index is 8.09. The highest BCUT2D eigenvalue weighted by Crippen LogP contribution is 2.80. The molecule has 0 aromatic heterocycles. The molecule has 0 bridgehead atoms. The van der Waals surface area contributed by atoms with Crippen LogP contribution in [0, 0.1) is 0 Å². The molecule has 59 heavy (non-hydrogen) atoms. The van der Waals surface area contributed by atoms with E-state index in [1.54, 1.807) is 0 Å². The molecule has 0 rings (SSSR count). The van der Waals surface area contributed by atoms with Crippen molar-refractivity contribution in [3.8, 4) is 0 Å². The molecule has 1 nitrogen and oxygen atoms in total. The first-order valence-corrected chi connectivity index (χ1v) is 14.8. The van der Waals surface area contributed by atoms with Crippen LogP contribution in [-0.4, -0.2) is 111 Å². The van der Waals surface area contributed by atoms with Crippen LogP contribution in [0.1, 0.15) is 0 Å². The zero-order valence-corrected chi connectivity index (χ0v) is 26.4. The Morgan fingerprint density at radius 2 is 0.339 bits per heavy atom. The van der Waals surface area contributed by atoms with Crippen molar-refractivity contribution in [2.75, 3.05) is 0 Å². The Hall–Kier alpha value is -2.05. The minimum absolute atomic E-state index is 2.01. The van der Waals surface area contributed by atoms with Gasteiger partial charge in [0.15, 0.2) is 0 Å². The van der Waals surface area contributed by atoms with Crippen molar-refractivity contribution in [3.05, 3.63) is 0 Å². The minimum Gasteiger partial charge on any atom is -0.356 e. The molecule has 0 saturated heterocycles. The molecule has 0 radical (unpaired) electrons. The maximum Gasteiger partial charge on any atom is 0.438 e. The third-order valence-corrected chi connectivity index (χ3v) is 10.6. The van der Waals surface area contributed by atoms with Gasteiger partial charge in [-0.3, -0.25) is 0 Å². The Kier molecular flexibility index (Phi) is 13.0. The van der Waals surface area contributed by atoms with Gasteiger partial charge >= 0.3 is 107 Å². The lowest BCUT2D eigenvalue weighted by Crippen LogP contribution is -2.78. The van der Waals surface area contributed by atoms with E-state index in [1.807, 2.05) is 11.8 Å². The van der Waals surface area contributed by atoms with E-state index < -0.39 is 113 Å². The fraction of sp³-hybridized carbons (Fsp3) is 1.00. The van der Waals surface area contributed by atoms with Gasteiger partial charge in [-0.25, -0.2) is 8.78 Å². The van der Waals surface area contributed by atoms with Gasteiger partial charge < -0.3 is 4.89 Å². The molecule has 0 amide bonds. The summed E-state index contributed by atoms with van der Waals surface area (Å²) < 4.78 is 512. The van der Waals surface area contributed by atoms with Crippen LogP contribution in [0.5, 0.6) is 0 Å².